The first-order valence-electron chi connectivity index (χ1n) is 13.4. The van der Waals surface area contributed by atoms with Crippen LogP contribution < -0.4 is 10.1 Å². The molecule has 0 aliphatic carbocycles. The lowest BCUT2D eigenvalue weighted by molar-refractivity contribution is 0.0935. The minimum atomic E-state index is -0.342. The van der Waals surface area contributed by atoms with Crippen LogP contribution in [-0.4, -0.2) is 45.0 Å². The van der Waals surface area contributed by atoms with Crippen LogP contribution in [0.5, 0.6) is 5.88 Å². The molecular formula is C31H31N5O3S2. The van der Waals surface area contributed by atoms with E-state index < -0.39 is 0 Å². The van der Waals surface area contributed by atoms with Gasteiger partial charge < -0.3 is 15.0 Å². The summed E-state index contributed by atoms with van der Waals surface area (Å²) in [6.07, 6.45) is 8.92. The number of benzene rings is 2. The molecule has 1 atom stereocenters. The highest BCUT2D eigenvalue weighted by Crippen LogP contribution is 2.32. The van der Waals surface area contributed by atoms with Crippen LogP contribution in [0.25, 0.3) is 22.2 Å². The number of nitrogens with one attached hydrogen (secondary N) is 2. The number of unbranched alkanes of at least 4 members (excludes halogenated alkanes) is 2. The second kappa shape index (κ2) is 13.6. The Hall–Kier alpha value is -4.02. The van der Waals surface area contributed by atoms with E-state index in [9.17, 15) is 9.59 Å². The molecule has 0 spiro atoms. The highest BCUT2D eigenvalue weighted by atomic mass is 32.2. The second-order valence-corrected chi connectivity index (χ2v) is 11.3. The molecule has 0 saturated carbocycles. The fraction of sp³-hybridized carbons (Fsp3) is 0.258. The molecule has 0 aliphatic heterocycles. The largest absolute Gasteiger partial charge is 0.480 e. The Bertz CT molecular complexity index is 1630. The van der Waals surface area contributed by atoms with Crippen LogP contribution in [0.2, 0.25) is 0 Å². The van der Waals surface area contributed by atoms with Gasteiger partial charge in [-0.05, 0) is 37.3 Å². The number of thiazole rings is 1. The lowest BCUT2D eigenvalue weighted by atomic mass is 10.0. The third kappa shape index (κ3) is 6.83. The summed E-state index contributed by atoms with van der Waals surface area (Å²) in [6, 6.07) is 17.3. The first kappa shape index (κ1) is 28.5. The number of thioether (sulfide) groups is 1. The molecule has 0 unspecified atom stereocenters. The van der Waals surface area contributed by atoms with E-state index in [1.165, 1.54) is 11.3 Å². The summed E-state index contributed by atoms with van der Waals surface area (Å²) in [5.74, 6) is 1.12. The van der Waals surface area contributed by atoms with Gasteiger partial charge >= 0.3 is 0 Å². The number of fused-ring (bicyclic) bond motifs is 1. The number of hydrogen-bond donors (Lipinski definition) is 2. The van der Waals surface area contributed by atoms with Crippen LogP contribution in [0, 0.1) is 0 Å². The van der Waals surface area contributed by atoms with Gasteiger partial charge in [0.1, 0.15) is 10.7 Å². The molecule has 2 N–H and O–H groups in total. The highest BCUT2D eigenvalue weighted by molar-refractivity contribution is 7.98. The number of methoxy groups -OCH3 is 1. The van der Waals surface area contributed by atoms with Crippen LogP contribution in [0.1, 0.15) is 64.0 Å². The Morgan fingerprint density at radius 2 is 1.90 bits per heavy atom. The van der Waals surface area contributed by atoms with Crippen LogP contribution in [0.4, 0.5) is 0 Å². The number of aromatic nitrogens is 4. The van der Waals surface area contributed by atoms with E-state index in [0.717, 1.165) is 51.9 Å². The first-order valence-corrected chi connectivity index (χ1v) is 15.5. The van der Waals surface area contributed by atoms with Crippen LogP contribution in [-0.2, 0) is 0 Å². The number of Topliss-reactive ketones (excluding diaryl/α,β-unsaturated/α-hetero) is 1. The van der Waals surface area contributed by atoms with Crippen molar-refractivity contribution in [1.82, 2.24) is 25.3 Å². The number of carbonyl (C=O) groups excluding carboxylic acids is 2. The number of nitrogens with zero attached hydrogens (tertiary/aromatic N) is 3. The van der Waals surface area contributed by atoms with Gasteiger partial charge in [0.15, 0.2) is 5.78 Å². The van der Waals surface area contributed by atoms with Crippen LogP contribution in [0.15, 0.2) is 77.4 Å². The van der Waals surface area contributed by atoms with Gasteiger partial charge in [-0.3, -0.25) is 14.6 Å². The fourth-order valence-electron chi connectivity index (χ4n) is 4.75. The lowest BCUT2D eigenvalue weighted by Gasteiger charge is -2.16. The van der Waals surface area contributed by atoms with E-state index in [0.29, 0.717) is 29.4 Å². The van der Waals surface area contributed by atoms with Gasteiger partial charge in [0.2, 0.25) is 5.88 Å². The molecule has 0 fully saturated rings. The van der Waals surface area contributed by atoms with E-state index in [1.54, 1.807) is 36.8 Å². The molecule has 8 nitrogen and oxygen atoms in total. The Morgan fingerprint density at radius 1 is 1.07 bits per heavy atom. The van der Waals surface area contributed by atoms with Gasteiger partial charge in [-0.15, -0.1) is 23.1 Å². The maximum atomic E-state index is 12.9. The molecule has 0 saturated heterocycles. The molecule has 0 radical (unpaired) electrons. The van der Waals surface area contributed by atoms with Crippen molar-refractivity contribution in [2.45, 2.75) is 43.0 Å². The van der Waals surface area contributed by atoms with Crippen molar-refractivity contribution >= 4 is 45.7 Å². The standard InChI is InChI=1S/C31H31N5O3S2/c1-39-31-22(16-20-10-6-8-12-23(20)36-31)25-17-33-29(34-25)24(35-30(38)28-18-32-19-41-28)13-4-3-5-14-26(37)21-11-7-9-15-27(21)40-2/h6-12,15-19,24H,3-5,13-14H2,1-2H3,(H,33,34)(H,35,38)/t24-/m0/s1. The maximum Gasteiger partial charge on any atom is 0.263 e. The number of hydrogen-bond acceptors (Lipinski definition) is 8. The van der Waals surface area contributed by atoms with Gasteiger partial charge in [0.25, 0.3) is 5.91 Å². The Balaban J connectivity index is 1.29. The number of pyridine rings is 1. The molecule has 41 heavy (non-hydrogen) atoms. The summed E-state index contributed by atoms with van der Waals surface area (Å²) in [4.78, 5) is 44.0. The van der Waals surface area contributed by atoms with E-state index in [4.69, 9.17) is 4.74 Å². The Kier molecular flexibility index (Phi) is 9.43. The average molecular weight is 586 g/mol. The molecule has 0 aliphatic rings. The summed E-state index contributed by atoms with van der Waals surface area (Å²) in [7, 11) is 1.60. The number of aromatic amines is 1. The van der Waals surface area contributed by atoms with E-state index in [2.05, 4.69) is 25.3 Å². The van der Waals surface area contributed by atoms with Crippen LogP contribution >= 0.6 is 23.1 Å². The number of ether oxygens (including phenoxy) is 1. The quantitative estimate of drug-likeness (QED) is 0.0860. The van der Waals surface area contributed by atoms with Crippen molar-refractivity contribution < 1.29 is 14.3 Å². The van der Waals surface area contributed by atoms with E-state index in [-0.39, 0.29) is 17.7 Å². The highest BCUT2D eigenvalue weighted by Gasteiger charge is 2.21. The molecule has 0 bridgehead atoms. The van der Waals surface area contributed by atoms with Crippen molar-refractivity contribution in [1.29, 1.82) is 0 Å². The number of carbonyl (C=O) groups is 2. The number of amides is 1. The molecule has 5 rings (SSSR count). The van der Waals surface area contributed by atoms with Crippen molar-refractivity contribution in [3.05, 3.63) is 88.8 Å². The smallest absolute Gasteiger partial charge is 0.263 e. The number of rotatable bonds is 13. The predicted octanol–water partition coefficient (Wildman–Crippen LogP) is 7.12. The predicted molar refractivity (Wildman–Crippen MR) is 164 cm³/mol. The third-order valence-corrected chi connectivity index (χ3v) is 8.43. The number of imidazole rings is 1. The van der Waals surface area contributed by atoms with E-state index in [1.807, 2.05) is 60.9 Å². The SMILES string of the molecule is COc1nc2ccccc2cc1-c1cnc([C@H](CCCCCC(=O)c2ccccc2SC)NC(=O)c2cncs2)[nH]1. The second-order valence-electron chi connectivity index (χ2n) is 9.53. The summed E-state index contributed by atoms with van der Waals surface area (Å²) in [5, 5.41) is 4.11. The zero-order chi connectivity index (χ0) is 28.6. The van der Waals surface area contributed by atoms with Gasteiger partial charge in [-0.25, -0.2) is 9.97 Å². The van der Waals surface area contributed by atoms with Crippen molar-refractivity contribution in [3.63, 3.8) is 0 Å². The minimum absolute atomic E-state index is 0.165. The van der Waals surface area contributed by atoms with Gasteiger partial charge in [0.05, 0.1) is 47.8 Å². The summed E-state index contributed by atoms with van der Waals surface area (Å²) in [6.45, 7) is 0. The van der Waals surface area contributed by atoms with Crippen molar-refractivity contribution in [3.8, 4) is 17.1 Å². The molecule has 5 aromatic rings. The number of para-hydroxylation sites is 1. The minimum Gasteiger partial charge on any atom is -0.480 e. The lowest BCUT2D eigenvalue weighted by Crippen LogP contribution is -2.28. The maximum absolute atomic E-state index is 12.9. The first-order chi connectivity index (χ1) is 20.1. The van der Waals surface area contributed by atoms with Gasteiger partial charge in [0, 0.05) is 22.3 Å². The molecule has 3 aromatic heterocycles. The van der Waals surface area contributed by atoms with Crippen molar-refractivity contribution in [2.75, 3.05) is 13.4 Å². The molecule has 2 aromatic carbocycles. The molecular weight excluding hydrogens is 555 g/mol. The molecule has 210 valence electrons. The summed E-state index contributed by atoms with van der Waals surface area (Å²) >= 11 is 2.88. The zero-order valence-corrected chi connectivity index (χ0v) is 24.6. The Morgan fingerprint density at radius 3 is 2.71 bits per heavy atom. The average Bonchev–Trinajstić information content (AvgIpc) is 3.73. The number of H-pyrrole nitrogens is 1. The van der Waals surface area contributed by atoms with Crippen LogP contribution in [0.3, 0.4) is 0 Å². The van der Waals surface area contributed by atoms with E-state index >= 15 is 0 Å². The van der Waals surface area contributed by atoms with Crippen molar-refractivity contribution in [2.24, 2.45) is 0 Å². The topological polar surface area (TPSA) is 110 Å². The summed E-state index contributed by atoms with van der Waals surface area (Å²) in [5.41, 5.74) is 4.82. The molecule has 1 amide bonds. The monoisotopic (exact) mass is 585 g/mol. The zero-order valence-electron chi connectivity index (χ0n) is 22.9. The Labute approximate surface area is 247 Å². The number of ketones is 1. The summed E-state index contributed by atoms with van der Waals surface area (Å²) < 4.78 is 5.59. The molecule has 3 heterocycles. The van der Waals surface area contributed by atoms with Gasteiger partial charge in [-0.2, -0.15) is 0 Å². The van der Waals surface area contributed by atoms with Gasteiger partial charge in [-0.1, -0.05) is 49.2 Å². The molecule has 10 heteroatoms. The fourth-order valence-corrected chi connectivity index (χ4v) is 5.89. The third-order valence-electron chi connectivity index (χ3n) is 6.86. The normalized spacial score (nSPS) is 11.9.